The molecule has 0 atom stereocenters. The number of hydrogen-bond donors (Lipinski definition) is 1. The number of carbonyl (C=O) groups is 1. The van der Waals surface area contributed by atoms with Gasteiger partial charge in [0, 0.05) is 19.6 Å². The molecule has 1 aliphatic heterocycles. The van der Waals surface area contributed by atoms with E-state index in [1.807, 2.05) is 6.07 Å². The number of fused-ring (bicyclic) bond motifs is 1. The first kappa shape index (κ1) is 17.1. The van der Waals surface area contributed by atoms with Crippen molar-refractivity contribution >= 4 is 32.6 Å². The highest BCUT2D eigenvalue weighted by atomic mass is 32.1. The lowest BCUT2D eigenvalue weighted by molar-refractivity contribution is 0.0342. The monoisotopic (exact) mass is 371 g/mol. The van der Waals surface area contributed by atoms with E-state index in [4.69, 9.17) is 4.74 Å². The van der Waals surface area contributed by atoms with Crippen molar-refractivity contribution in [3.05, 3.63) is 59.4 Å². The van der Waals surface area contributed by atoms with E-state index in [1.54, 1.807) is 12.1 Å². The highest BCUT2D eigenvalue weighted by Gasteiger charge is 2.15. The second kappa shape index (κ2) is 7.49. The molecule has 2 heterocycles. The molecule has 0 saturated carbocycles. The molecule has 1 amide bonds. The minimum absolute atomic E-state index is 0.0137. The molecule has 4 rings (SSSR count). The first-order chi connectivity index (χ1) is 12.7. The van der Waals surface area contributed by atoms with Crippen LogP contribution in [0.2, 0.25) is 0 Å². The van der Waals surface area contributed by atoms with Gasteiger partial charge in [-0.1, -0.05) is 29.5 Å². The van der Waals surface area contributed by atoms with Gasteiger partial charge in [0.15, 0.2) is 5.13 Å². The summed E-state index contributed by atoms with van der Waals surface area (Å²) in [6.45, 7) is 4.29. The maximum absolute atomic E-state index is 13.7. The van der Waals surface area contributed by atoms with Gasteiger partial charge in [-0.2, -0.15) is 0 Å². The first-order valence-corrected chi connectivity index (χ1v) is 9.26. The molecule has 2 aromatic carbocycles. The number of ether oxygens (including phenoxy) is 1. The number of amides is 1. The molecule has 1 N–H and O–H groups in total. The molecule has 0 bridgehead atoms. The Morgan fingerprint density at radius 2 is 2.04 bits per heavy atom. The van der Waals surface area contributed by atoms with E-state index < -0.39 is 11.7 Å². The molecule has 0 radical (unpaired) electrons. The molecule has 1 fully saturated rings. The molecule has 134 valence electrons. The summed E-state index contributed by atoms with van der Waals surface area (Å²) in [5.41, 5.74) is 2.04. The second-order valence-electron chi connectivity index (χ2n) is 6.14. The fraction of sp³-hybridized carbons (Fsp3) is 0.263. The van der Waals surface area contributed by atoms with Crippen molar-refractivity contribution in [2.75, 3.05) is 31.6 Å². The van der Waals surface area contributed by atoms with Crippen LogP contribution in [0.15, 0.2) is 42.5 Å². The SMILES string of the molecule is O=C(Nc1nc2ccc(CN3CCOCC3)cc2s1)c1ccccc1F. The van der Waals surface area contributed by atoms with E-state index in [2.05, 4.69) is 27.3 Å². The quantitative estimate of drug-likeness (QED) is 0.762. The van der Waals surface area contributed by atoms with Gasteiger partial charge in [0.25, 0.3) is 5.91 Å². The van der Waals surface area contributed by atoms with Crippen molar-refractivity contribution in [3.63, 3.8) is 0 Å². The summed E-state index contributed by atoms with van der Waals surface area (Å²) in [6, 6.07) is 12.0. The Morgan fingerprint density at radius 3 is 2.85 bits per heavy atom. The number of morpholine rings is 1. The zero-order valence-electron chi connectivity index (χ0n) is 14.1. The summed E-state index contributed by atoms with van der Waals surface area (Å²) >= 11 is 1.39. The normalized spacial score (nSPS) is 15.3. The van der Waals surface area contributed by atoms with E-state index in [9.17, 15) is 9.18 Å². The van der Waals surface area contributed by atoms with E-state index in [1.165, 1.54) is 29.0 Å². The van der Waals surface area contributed by atoms with Gasteiger partial charge in [-0.05, 0) is 29.8 Å². The van der Waals surface area contributed by atoms with Crippen LogP contribution in [0.5, 0.6) is 0 Å². The number of carbonyl (C=O) groups excluding carboxylic acids is 1. The topological polar surface area (TPSA) is 54.5 Å². The Bertz CT molecular complexity index is 937. The number of aromatic nitrogens is 1. The zero-order valence-corrected chi connectivity index (χ0v) is 14.9. The van der Waals surface area contributed by atoms with Crippen molar-refractivity contribution in [1.82, 2.24) is 9.88 Å². The van der Waals surface area contributed by atoms with Crippen LogP contribution in [-0.2, 0) is 11.3 Å². The standard InChI is InChI=1S/C19H18FN3O2S/c20-15-4-2-1-3-14(15)18(24)22-19-21-16-6-5-13(11-17(16)26-19)12-23-7-9-25-10-8-23/h1-6,11H,7-10,12H2,(H,21,22,24). The number of halogens is 1. The molecule has 1 aliphatic rings. The third-order valence-corrected chi connectivity index (χ3v) is 5.24. The van der Waals surface area contributed by atoms with Gasteiger partial charge in [0.2, 0.25) is 0 Å². The lowest BCUT2D eigenvalue weighted by Gasteiger charge is -2.26. The Morgan fingerprint density at radius 1 is 1.23 bits per heavy atom. The fourth-order valence-electron chi connectivity index (χ4n) is 2.95. The molecule has 1 saturated heterocycles. The van der Waals surface area contributed by atoms with E-state index in [0.29, 0.717) is 5.13 Å². The predicted octanol–water partition coefficient (Wildman–Crippen LogP) is 3.52. The molecule has 0 spiro atoms. The van der Waals surface area contributed by atoms with Crippen LogP contribution in [0.25, 0.3) is 10.2 Å². The van der Waals surface area contributed by atoms with Gasteiger partial charge in [0.05, 0.1) is 29.0 Å². The largest absolute Gasteiger partial charge is 0.379 e. The van der Waals surface area contributed by atoms with Crippen LogP contribution in [-0.4, -0.2) is 42.1 Å². The minimum atomic E-state index is -0.543. The van der Waals surface area contributed by atoms with E-state index in [-0.39, 0.29) is 5.56 Å². The summed E-state index contributed by atoms with van der Waals surface area (Å²) in [5, 5.41) is 3.16. The minimum Gasteiger partial charge on any atom is -0.379 e. The van der Waals surface area contributed by atoms with Gasteiger partial charge < -0.3 is 4.74 Å². The predicted molar refractivity (Wildman–Crippen MR) is 100 cm³/mol. The van der Waals surface area contributed by atoms with Crippen LogP contribution >= 0.6 is 11.3 Å². The Labute approximate surface area is 154 Å². The van der Waals surface area contributed by atoms with E-state index in [0.717, 1.165) is 43.1 Å². The maximum atomic E-state index is 13.7. The summed E-state index contributed by atoms with van der Waals surface area (Å²) in [5.74, 6) is -1.03. The highest BCUT2D eigenvalue weighted by Crippen LogP contribution is 2.28. The Balaban J connectivity index is 1.50. The Kier molecular flexibility index (Phi) is 4.92. The van der Waals surface area contributed by atoms with Crippen LogP contribution in [0.3, 0.4) is 0 Å². The number of anilines is 1. The molecule has 0 aliphatic carbocycles. The lowest BCUT2D eigenvalue weighted by Crippen LogP contribution is -2.35. The van der Waals surface area contributed by atoms with Gasteiger partial charge in [0.1, 0.15) is 5.82 Å². The van der Waals surface area contributed by atoms with Gasteiger partial charge in [-0.25, -0.2) is 9.37 Å². The number of hydrogen-bond acceptors (Lipinski definition) is 5. The molecular formula is C19H18FN3O2S. The van der Waals surface area contributed by atoms with Crippen molar-refractivity contribution in [1.29, 1.82) is 0 Å². The number of nitrogens with one attached hydrogen (secondary N) is 1. The average molecular weight is 371 g/mol. The summed E-state index contributed by atoms with van der Waals surface area (Å²) < 4.78 is 20.1. The molecule has 26 heavy (non-hydrogen) atoms. The zero-order chi connectivity index (χ0) is 17.9. The smallest absolute Gasteiger partial charge is 0.260 e. The van der Waals surface area contributed by atoms with Crippen molar-refractivity contribution in [2.45, 2.75) is 6.54 Å². The number of benzene rings is 2. The van der Waals surface area contributed by atoms with Crippen LogP contribution < -0.4 is 5.32 Å². The first-order valence-electron chi connectivity index (χ1n) is 8.44. The molecule has 1 aromatic heterocycles. The number of nitrogens with zero attached hydrogens (tertiary/aromatic N) is 2. The summed E-state index contributed by atoms with van der Waals surface area (Å²) in [6.07, 6.45) is 0. The molecule has 5 nitrogen and oxygen atoms in total. The third kappa shape index (κ3) is 3.75. The van der Waals surface area contributed by atoms with Crippen molar-refractivity contribution < 1.29 is 13.9 Å². The van der Waals surface area contributed by atoms with E-state index >= 15 is 0 Å². The number of thiazole rings is 1. The highest BCUT2D eigenvalue weighted by molar-refractivity contribution is 7.22. The van der Waals surface area contributed by atoms with Crippen molar-refractivity contribution in [3.8, 4) is 0 Å². The molecule has 7 heteroatoms. The molecule has 0 unspecified atom stereocenters. The molecule has 3 aromatic rings. The van der Waals surface area contributed by atoms with Gasteiger partial charge >= 0.3 is 0 Å². The lowest BCUT2D eigenvalue weighted by atomic mass is 10.2. The van der Waals surface area contributed by atoms with Crippen molar-refractivity contribution in [2.24, 2.45) is 0 Å². The van der Waals surface area contributed by atoms with Crippen LogP contribution in [0.4, 0.5) is 9.52 Å². The molecular weight excluding hydrogens is 353 g/mol. The van der Waals surface area contributed by atoms with Gasteiger partial charge in [-0.15, -0.1) is 0 Å². The average Bonchev–Trinajstić information content (AvgIpc) is 3.04. The van der Waals surface area contributed by atoms with Crippen LogP contribution in [0, 0.1) is 5.82 Å². The number of rotatable bonds is 4. The fourth-order valence-corrected chi connectivity index (χ4v) is 3.87. The third-order valence-electron chi connectivity index (χ3n) is 4.30. The second-order valence-corrected chi connectivity index (χ2v) is 7.17. The summed E-state index contributed by atoms with van der Waals surface area (Å²) in [4.78, 5) is 19.0. The van der Waals surface area contributed by atoms with Crippen LogP contribution in [0.1, 0.15) is 15.9 Å². The Hall–Kier alpha value is -2.35. The van der Waals surface area contributed by atoms with Gasteiger partial charge in [-0.3, -0.25) is 15.0 Å². The summed E-state index contributed by atoms with van der Waals surface area (Å²) in [7, 11) is 0. The maximum Gasteiger partial charge on any atom is 0.260 e.